The number of benzene rings is 2. The first-order valence-electron chi connectivity index (χ1n) is 9.78. The van der Waals surface area contributed by atoms with Gasteiger partial charge in [0.25, 0.3) is 11.5 Å². The summed E-state index contributed by atoms with van der Waals surface area (Å²) in [6.45, 7) is 1.43. The zero-order valence-corrected chi connectivity index (χ0v) is 18.7. The number of nitrogens with one attached hydrogen (secondary N) is 1. The first-order chi connectivity index (χ1) is 16.3. The highest BCUT2D eigenvalue weighted by atomic mass is 19.1. The molecule has 0 fully saturated rings. The van der Waals surface area contributed by atoms with Gasteiger partial charge in [0, 0.05) is 11.1 Å². The average Bonchev–Trinajstić information content (AvgIpc) is 2.84. The number of methoxy groups -OCH3 is 3. The van der Waals surface area contributed by atoms with Crippen molar-refractivity contribution in [2.75, 3.05) is 21.3 Å². The smallest absolute Gasteiger partial charge is 0.292 e. The Labute approximate surface area is 193 Å². The van der Waals surface area contributed by atoms with Crippen LogP contribution in [0.5, 0.6) is 17.2 Å². The summed E-state index contributed by atoms with van der Waals surface area (Å²) in [7, 11) is 4.42. The number of carbonyl (C=O) groups is 1. The van der Waals surface area contributed by atoms with E-state index in [1.807, 2.05) is 0 Å². The van der Waals surface area contributed by atoms with Crippen LogP contribution in [0.4, 0.5) is 4.39 Å². The summed E-state index contributed by atoms with van der Waals surface area (Å²) in [5.74, 6) is -0.0653. The number of amides is 1. The molecule has 1 aromatic heterocycles. The number of rotatable bonds is 7. The van der Waals surface area contributed by atoms with E-state index in [1.165, 1.54) is 46.6 Å². The summed E-state index contributed by atoms with van der Waals surface area (Å²) >= 11 is 0. The Bertz CT molecular complexity index is 1330. The number of hydrazone groups is 1. The second-order valence-electron chi connectivity index (χ2n) is 6.81. The van der Waals surface area contributed by atoms with E-state index in [0.29, 0.717) is 22.8 Å². The Morgan fingerprint density at radius 1 is 1.15 bits per heavy atom. The van der Waals surface area contributed by atoms with Crippen LogP contribution in [0, 0.1) is 24.1 Å². The van der Waals surface area contributed by atoms with Crippen molar-refractivity contribution in [3.8, 4) is 29.0 Å². The van der Waals surface area contributed by atoms with Crippen LogP contribution in [0.15, 0.2) is 46.3 Å². The Balaban J connectivity index is 1.94. The van der Waals surface area contributed by atoms with E-state index >= 15 is 0 Å². The van der Waals surface area contributed by atoms with Crippen LogP contribution in [0.1, 0.15) is 27.2 Å². The zero-order valence-electron chi connectivity index (χ0n) is 18.7. The lowest BCUT2D eigenvalue weighted by atomic mass is 10.1. The summed E-state index contributed by atoms with van der Waals surface area (Å²) < 4.78 is 30.0. The van der Waals surface area contributed by atoms with Gasteiger partial charge in [0.15, 0.2) is 17.2 Å². The van der Waals surface area contributed by atoms with Crippen LogP contribution in [0.25, 0.3) is 5.69 Å². The number of hydrogen-bond acceptors (Lipinski definition) is 8. The molecule has 0 aliphatic carbocycles. The molecule has 0 saturated heterocycles. The van der Waals surface area contributed by atoms with Crippen molar-refractivity contribution >= 4 is 12.1 Å². The van der Waals surface area contributed by atoms with E-state index in [2.05, 4.69) is 15.6 Å². The Morgan fingerprint density at radius 3 is 2.29 bits per heavy atom. The minimum Gasteiger partial charge on any atom is -0.493 e. The summed E-state index contributed by atoms with van der Waals surface area (Å²) in [6, 6.07) is 9.94. The highest BCUT2D eigenvalue weighted by molar-refractivity contribution is 5.94. The van der Waals surface area contributed by atoms with Crippen molar-refractivity contribution in [3.63, 3.8) is 0 Å². The van der Waals surface area contributed by atoms with Gasteiger partial charge < -0.3 is 14.2 Å². The molecule has 0 atom stereocenters. The molecule has 10 nitrogen and oxygen atoms in total. The second kappa shape index (κ2) is 10.3. The molecule has 0 spiro atoms. The maximum absolute atomic E-state index is 13.3. The molecule has 3 aromatic rings. The van der Waals surface area contributed by atoms with Gasteiger partial charge in [-0.1, -0.05) is 0 Å². The molecular formula is C23H20FN5O5. The summed E-state index contributed by atoms with van der Waals surface area (Å²) in [5.41, 5.74) is 1.95. The molecular weight excluding hydrogens is 445 g/mol. The van der Waals surface area contributed by atoms with Crippen LogP contribution >= 0.6 is 0 Å². The van der Waals surface area contributed by atoms with Crippen molar-refractivity contribution in [2.24, 2.45) is 5.10 Å². The average molecular weight is 465 g/mol. The number of nitrogens with zero attached hydrogens (tertiary/aromatic N) is 4. The van der Waals surface area contributed by atoms with E-state index in [9.17, 15) is 19.2 Å². The van der Waals surface area contributed by atoms with Crippen molar-refractivity contribution < 1.29 is 23.4 Å². The highest BCUT2D eigenvalue weighted by Gasteiger charge is 2.20. The van der Waals surface area contributed by atoms with Crippen LogP contribution in [-0.4, -0.2) is 43.2 Å². The maximum Gasteiger partial charge on any atom is 0.292 e. The van der Waals surface area contributed by atoms with Crippen molar-refractivity contribution in [2.45, 2.75) is 6.92 Å². The lowest BCUT2D eigenvalue weighted by Crippen LogP contribution is -2.31. The molecule has 34 heavy (non-hydrogen) atoms. The molecule has 1 heterocycles. The fraction of sp³-hybridized carbons (Fsp3) is 0.174. The Kier molecular flexibility index (Phi) is 7.23. The number of nitriles is 1. The van der Waals surface area contributed by atoms with Crippen LogP contribution in [0.3, 0.4) is 0 Å². The summed E-state index contributed by atoms with van der Waals surface area (Å²) in [4.78, 5) is 25.4. The SMILES string of the molecule is COc1cc(/C=N/NC(=O)c2nn(-c3ccc(F)cc3)c(=O)c(C#N)c2C)cc(OC)c1OC. The molecule has 1 N–H and O–H groups in total. The predicted molar refractivity (Wildman–Crippen MR) is 120 cm³/mol. The standard InChI is InChI=1S/C23H20FN5O5/c1-13-17(11-25)23(31)29(16-7-5-15(24)6-8-16)28-20(13)22(30)27-26-12-14-9-18(32-2)21(34-4)19(10-14)33-3/h5-10,12H,1-4H3,(H,27,30)/b26-12+. The molecule has 174 valence electrons. The van der Waals surface area contributed by atoms with E-state index in [4.69, 9.17) is 14.2 Å². The van der Waals surface area contributed by atoms with Crippen molar-refractivity contribution in [3.05, 3.63) is 75.0 Å². The van der Waals surface area contributed by atoms with E-state index in [-0.39, 0.29) is 22.5 Å². The largest absolute Gasteiger partial charge is 0.493 e. The van der Waals surface area contributed by atoms with Gasteiger partial charge in [-0.25, -0.2) is 9.82 Å². The van der Waals surface area contributed by atoms with Gasteiger partial charge in [0.05, 0.1) is 33.2 Å². The third-order valence-corrected chi connectivity index (χ3v) is 4.80. The molecule has 0 unspecified atom stereocenters. The first-order valence-corrected chi connectivity index (χ1v) is 9.78. The molecule has 0 aliphatic rings. The fourth-order valence-corrected chi connectivity index (χ4v) is 3.10. The number of ether oxygens (including phenoxy) is 3. The molecule has 1 amide bonds. The van der Waals surface area contributed by atoms with Gasteiger partial charge in [-0.05, 0) is 43.3 Å². The van der Waals surface area contributed by atoms with Gasteiger partial charge in [-0.15, -0.1) is 0 Å². The molecule has 3 rings (SSSR count). The number of carbonyl (C=O) groups excluding carboxylic acids is 1. The lowest BCUT2D eigenvalue weighted by Gasteiger charge is -2.12. The molecule has 11 heteroatoms. The molecule has 0 bridgehead atoms. The van der Waals surface area contributed by atoms with Crippen molar-refractivity contribution in [1.29, 1.82) is 5.26 Å². The van der Waals surface area contributed by atoms with Crippen LogP contribution in [0.2, 0.25) is 0 Å². The van der Waals surface area contributed by atoms with E-state index in [1.54, 1.807) is 18.2 Å². The highest BCUT2D eigenvalue weighted by Crippen LogP contribution is 2.37. The molecule has 0 saturated carbocycles. The topological polar surface area (TPSA) is 128 Å². The fourth-order valence-electron chi connectivity index (χ4n) is 3.10. The number of aromatic nitrogens is 2. The van der Waals surface area contributed by atoms with Crippen molar-refractivity contribution in [1.82, 2.24) is 15.2 Å². The molecule has 2 aromatic carbocycles. The van der Waals surface area contributed by atoms with E-state index in [0.717, 1.165) is 16.8 Å². The van der Waals surface area contributed by atoms with Gasteiger partial charge in [-0.3, -0.25) is 9.59 Å². The van der Waals surface area contributed by atoms with Gasteiger partial charge in [0.2, 0.25) is 5.75 Å². The first kappa shape index (κ1) is 23.9. The molecule has 0 radical (unpaired) electrons. The Hall–Kier alpha value is -4.72. The van der Waals surface area contributed by atoms with Gasteiger partial charge >= 0.3 is 0 Å². The monoisotopic (exact) mass is 465 g/mol. The van der Waals surface area contributed by atoms with Crippen LogP contribution < -0.4 is 25.2 Å². The third kappa shape index (κ3) is 4.71. The maximum atomic E-state index is 13.3. The third-order valence-electron chi connectivity index (χ3n) is 4.80. The predicted octanol–water partition coefficient (Wildman–Crippen LogP) is 2.34. The summed E-state index contributed by atoms with van der Waals surface area (Å²) in [6.07, 6.45) is 1.35. The molecule has 0 aliphatic heterocycles. The second-order valence-corrected chi connectivity index (χ2v) is 6.81. The number of hydrogen-bond donors (Lipinski definition) is 1. The van der Waals surface area contributed by atoms with E-state index < -0.39 is 17.3 Å². The normalized spacial score (nSPS) is 10.6. The quantitative estimate of drug-likeness (QED) is 0.419. The van der Waals surface area contributed by atoms with Crippen LogP contribution in [-0.2, 0) is 0 Å². The Morgan fingerprint density at radius 2 is 1.76 bits per heavy atom. The lowest BCUT2D eigenvalue weighted by molar-refractivity contribution is 0.0947. The summed E-state index contributed by atoms with van der Waals surface area (Å²) in [5, 5.41) is 17.4. The number of halogens is 1. The van der Waals surface area contributed by atoms with Gasteiger partial charge in [-0.2, -0.15) is 20.1 Å². The minimum atomic E-state index is -0.756. The van der Waals surface area contributed by atoms with Gasteiger partial charge in [0.1, 0.15) is 17.4 Å². The minimum absolute atomic E-state index is 0.0892. The zero-order chi connectivity index (χ0) is 24.8.